The highest BCUT2D eigenvalue weighted by Gasteiger charge is 2.24. The van der Waals surface area contributed by atoms with Gasteiger partial charge in [-0.25, -0.2) is 0 Å². The maximum Gasteiger partial charge on any atom is 0.0677 e. The monoisotopic (exact) mass is 279 g/mol. The van der Waals surface area contributed by atoms with Gasteiger partial charge in [0.2, 0.25) is 0 Å². The van der Waals surface area contributed by atoms with Crippen molar-refractivity contribution in [3.63, 3.8) is 0 Å². The van der Waals surface area contributed by atoms with Crippen molar-refractivity contribution in [1.82, 2.24) is 0 Å². The first-order valence-electron chi connectivity index (χ1n) is 7.85. The molecule has 21 heavy (non-hydrogen) atoms. The lowest BCUT2D eigenvalue weighted by atomic mass is 9.97. The summed E-state index contributed by atoms with van der Waals surface area (Å²) in [5.41, 5.74) is 13.8. The molecule has 0 unspecified atom stereocenters. The molecule has 0 amide bonds. The Morgan fingerprint density at radius 3 is 2.71 bits per heavy atom. The van der Waals surface area contributed by atoms with E-state index in [1.54, 1.807) is 0 Å². The minimum absolute atomic E-state index is 0.889. The van der Waals surface area contributed by atoms with Gasteiger partial charge in [0.1, 0.15) is 0 Å². The molecule has 2 heterocycles. The highest BCUT2D eigenvalue weighted by molar-refractivity contribution is 5.85. The van der Waals surface area contributed by atoms with Crippen LogP contribution in [0.2, 0.25) is 0 Å². The molecule has 0 aromatic heterocycles. The maximum absolute atomic E-state index is 6.28. The van der Waals surface area contributed by atoms with Gasteiger partial charge in [0.05, 0.1) is 22.7 Å². The standard InChI is InChI=1S/C18H21N3/c19-15-9-1-6-14-8-4-12-21(18(14)15)16-10-2-5-13-7-3-11-20-17(13)16/h1-2,5-6,9-10,20H,3-4,7-8,11-12,19H2. The first-order valence-corrected chi connectivity index (χ1v) is 7.85. The van der Waals surface area contributed by atoms with Crippen LogP contribution in [0.25, 0.3) is 0 Å². The molecule has 0 saturated carbocycles. The van der Waals surface area contributed by atoms with Gasteiger partial charge in [-0.15, -0.1) is 0 Å². The Hall–Kier alpha value is -2.16. The molecule has 0 saturated heterocycles. The first-order chi connectivity index (χ1) is 10.3. The minimum Gasteiger partial charge on any atom is -0.397 e. The number of anilines is 4. The minimum atomic E-state index is 0.889. The largest absolute Gasteiger partial charge is 0.397 e. The number of nitrogens with two attached hydrogens (primary N) is 1. The van der Waals surface area contributed by atoms with Crippen LogP contribution in [0.4, 0.5) is 22.7 Å². The molecule has 2 aliphatic heterocycles. The summed E-state index contributed by atoms with van der Waals surface area (Å²) in [7, 11) is 0. The zero-order chi connectivity index (χ0) is 14.2. The number of nitrogen functional groups attached to an aromatic ring is 1. The average Bonchev–Trinajstić information content (AvgIpc) is 2.54. The van der Waals surface area contributed by atoms with Gasteiger partial charge >= 0.3 is 0 Å². The van der Waals surface area contributed by atoms with Crippen LogP contribution < -0.4 is 16.0 Å². The third-order valence-corrected chi connectivity index (χ3v) is 4.59. The van der Waals surface area contributed by atoms with Crippen molar-refractivity contribution in [2.75, 3.05) is 29.0 Å². The third kappa shape index (κ3) is 2.04. The molecule has 3 N–H and O–H groups in total. The Labute approximate surface area is 125 Å². The van der Waals surface area contributed by atoms with E-state index in [4.69, 9.17) is 5.73 Å². The topological polar surface area (TPSA) is 41.3 Å². The molecule has 3 heteroatoms. The molecule has 0 bridgehead atoms. The molecular weight excluding hydrogens is 258 g/mol. The van der Waals surface area contributed by atoms with Crippen molar-refractivity contribution in [3.8, 4) is 0 Å². The van der Waals surface area contributed by atoms with E-state index >= 15 is 0 Å². The second kappa shape index (κ2) is 4.99. The lowest BCUT2D eigenvalue weighted by Crippen LogP contribution is -2.27. The van der Waals surface area contributed by atoms with Crippen LogP contribution in [0.5, 0.6) is 0 Å². The Morgan fingerprint density at radius 1 is 0.952 bits per heavy atom. The number of nitrogens with one attached hydrogen (secondary N) is 1. The molecule has 2 aromatic rings. The maximum atomic E-state index is 6.28. The van der Waals surface area contributed by atoms with Crippen LogP contribution in [0.15, 0.2) is 36.4 Å². The van der Waals surface area contributed by atoms with Crippen molar-refractivity contribution >= 4 is 22.7 Å². The third-order valence-electron chi connectivity index (χ3n) is 4.59. The van der Waals surface area contributed by atoms with Crippen molar-refractivity contribution in [1.29, 1.82) is 0 Å². The van der Waals surface area contributed by atoms with Crippen LogP contribution >= 0.6 is 0 Å². The van der Waals surface area contributed by atoms with Gasteiger partial charge in [-0.1, -0.05) is 24.3 Å². The Balaban J connectivity index is 1.86. The van der Waals surface area contributed by atoms with Gasteiger partial charge in [0.15, 0.2) is 0 Å². The van der Waals surface area contributed by atoms with Crippen molar-refractivity contribution in [2.24, 2.45) is 0 Å². The van der Waals surface area contributed by atoms with Crippen molar-refractivity contribution < 1.29 is 0 Å². The number of nitrogens with zero attached hydrogens (tertiary/aromatic N) is 1. The summed E-state index contributed by atoms with van der Waals surface area (Å²) >= 11 is 0. The van der Waals surface area contributed by atoms with Gasteiger partial charge in [-0.05, 0) is 48.9 Å². The van der Waals surface area contributed by atoms with E-state index in [1.807, 2.05) is 6.07 Å². The van der Waals surface area contributed by atoms with Crippen LogP contribution in [-0.4, -0.2) is 13.1 Å². The molecule has 2 aliphatic rings. The van der Waals surface area contributed by atoms with Crippen LogP contribution in [0.1, 0.15) is 24.0 Å². The predicted octanol–water partition coefficient (Wildman–Crippen LogP) is 3.71. The zero-order valence-corrected chi connectivity index (χ0v) is 12.2. The molecule has 4 rings (SSSR count). The van der Waals surface area contributed by atoms with E-state index < -0.39 is 0 Å². The van der Waals surface area contributed by atoms with Crippen LogP contribution in [0.3, 0.4) is 0 Å². The molecule has 2 aromatic carbocycles. The van der Waals surface area contributed by atoms with E-state index in [0.29, 0.717) is 0 Å². The smallest absolute Gasteiger partial charge is 0.0677 e. The van der Waals surface area contributed by atoms with E-state index in [9.17, 15) is 0 Å². The Morgan fingerprint density at radius 2 is 1.76 bits per heavy atom. The zero-order valence-electron chi connectivity index (χ0n) is 12.2. The first kappa shape index (κ1) is 12.6. The number of fused-ring (bicyclic) bond motifs is 2. The Bertz CT molecular complexity index is 678. The second-order valence-electron chi connectivity index (χ2n) is 5.95. The van der Waals surface area contributed by atoms with E-state index in [0.717, 1.165) is 25.2 Å². The fourth-order valence-corrected chi connectivity index (χ4v) is 3.64. The quantitative estimate of drug-likeness (QED) is 0.782. The van der Waals surface area contributed by atoms with Crippen LogP contribution in [-0.2, 0) is 12.8 Å². The van der Waals surface area contributed by atoms with E-state index in [1.165, 1.54) is 47.5 Å². The summed E-state index contributed by atoms with van der Waals surface area (Å²) in [5, 5.41) is 3.60. The van der Waals surface area contributed by atoms with Gasteiger partial charge < -0.3 is 16.0 Å². The Kier molecular flexibility index (Phi) is 2.99. The van der Waals surface area contributed by atoms with Crippen LogP contribution in [0, 0.1) is 0 Å². The molecular formula is C18H21N3. The number of hydrogen-bond donors (Lipinski definition) is 2. The molecule has 0 radical (unpaired) electrons. The summed E-state index contributed by atoms with van der Waals surface area (Å²) in [5.74, 6) is 0. The lowest BCUT2D eigenvalue weighted by molar-refractivity contribution is 0.764. The molecule has 0 fully saturated rings. The molecule has 0 atom stereocenters. The fourth-order valence-electron chi connectivity index (χ4n) is 3.64. The highest BCUT2D eigenvalue weighted by atomic mass is 15.2. The number of para-hydroxylation sites is 2. The van der Waals surface area contributed by atoms with Gasteiger partial charge in [-0.2, -0.15) is 0 Å². The van der Waals surface area contributed by atoms with Crippen molar-refractivity contribution in [2.45, 2.75) is 25.7 Å². The van der Waals surface area contributed by atoms with Gasteiger partial charge in [-0.3, -0.25) is 0 Å². The lowest BCUT2D eigenvalue weighted by Gasteiger charge is -2.35. The van der Waals surface area contributed by atoms with Crippen molar-refractivity contribution in [3.05, 3.63) is 47.5 Å². The average molecular weight is 279 g/mol. The SMILES string of the molecule is Nc1cccc2c1N(c1cccc3c1NCCC3)CCC2. The number of hydrogen-bond acceptors (Lipinski definition) is 3. The normalized spacial score (nSPS) is 16.9. The number of rotatable bonds is 1. The highest BCUT2D eigenvalue weighted by Crippen LogP contribution is 2.42. The summed E-state index contributed by atoms with van der Waals surface area (Å²) in [6.45, 7) is 2.11. The van der Waals surface area contributed by atoms with Gasteiger partial charge in [0.25, 0.3) is 0 Å². The molecule has 3 nitrogen and oxygen atoms in total. The number of benzene rings is 2. The fraction of sp³-hybridized carbons (Fsp3) is 0.333. The molecule has 0 spiro atoms. The van der Waals surface area contributed by atoms with E-state index in [2.05, 4.69) is 40.5 Å². The van der Waals surface area contributed by atoms with E-state index in [-0.39, 0.29) is 0 Å². The summed E-state index contributed by atoms with van der Waals surface area (Å²) in [4.78, 5) is 2.41. The molecule has 108 valence electrons. The second-order valence-corrected chi connectivity index (χ2v) is 5.95. The summed E-state index contributed by atoms with van der Waals surface area (Å²) in [6, 6.07) is 12.9. The predicted molar refractivity (Wildman–Crippen MR) is 89.4 cm³/mol. The number of aryl methyl sites for hydroxylation is 2. The summed E-state index contributed by atoms with van der Waals surface area (Å²) in [6.07, 6.45) is 4.69. The van der Waals surface area contributed by atoms with Gasteiger partial charge in [0, 0.05) is 13.1 Å². The molecule has 0 aliphatic carbocycles. The summed E-state index contributed by atoms with van der Waals surface area (Å²) < 4.78 is 0.